The van der Waals surface area contributed by atoms with Gasteiger partial charge in [-0.2, -0.15) is 4.98 Å². The molecule has 12 heteroatoms. The summed E-state index contributed by atoms with van der Waals surface area (Å²) in [6.45, 7) is 3.67. The van der Waals surface area contributed by atoms with E-state index < -0.39 is 15.9 Å². The molecule has 4 N–H and O–H groups in total. The van der Waals surface area contributed by atoms with Crippen LogP contribution < -0.4 is 30.1 Å². The van der Waals surface area contributed by atoms with Gasteiger partial charge in [0.15, 0.2) is 5.75 Å². The van der Waals surface area contributed by atoms with Crippen LogP contribution in [0.1, 0.15) is 22.3 Å². The fourth-order valence-electron chi connectivity index (χ4n) is 3.72. The Hall–Kier alpha value is -3.90. The van der Waals surface area contributed by atoms with Gasteiger partial charge in [0.2, 0.25) is 21.9 Å². The van der Waals surface area contributed by atoms with Crippen molar-refractivity contribution in [2.75, 3.05) is 41.8 Å². The highest BCUT2D eigenvalue weighted by molar-refractivity contribution is 7.92. The summed E-state index contributed by atoms with van der Waals surface area (Å²) in [7, 11) is -2.14. The molecule has 1 saturated heterocycles. The normalized spacial score (nSPS) is 15.2. The highest BCUT2D eigenvalue weighted by atomic mass is 32.2. The Bertz CT molecular complexity index is 1360. The first-order valence-electron chi connectivity index (χ1n) is 11.3. The summed E-state index contributed by atoms with van der Waals surface area (Å²) in [5, 5.41) is 9.34. The Labute approximate surface area is 209 Å². The molecule has 1 aliphatic heterocycles. The summed E-state index contributed by atoms with van der Waals surface area (Å²) in [5.74, 6) is 1.06. The van der Waals surface area contributed by atoms with E-state index in [0.717, 1.165) is 31.3 Å². The quantitative estimate of drug-likeness (QED) is 0.340. The maximum atomic E-state index is 13.0. The number of anilines is 3. The number of benzene rings is 2. The average molecular weight is 513 g/mol. The average Bonchev–Trinajstić information content (AvgIpc) is 3.33. The molecule has 3 aromatic rings. The van der Waals surface area contributed by atoms with Crippen LogP contribution in [-0.2, 0) is 10.0 Å². The van der Waals surface area contributed by atoms with Crippen molar-refractivity contribution in [1.82, 2.24) is 15.3 Å². The third-order valence-electron chi connectivity index (χ3n) is 5.45. The maximum Gasteiger partial charge on any atom is 0.255 e. The van der Waals surface area contributed by atoms with Crippen LogP contribution in [0.15, 0.2) is 48.7 Å². The van der Waals surface area contributed by atoms with E-state index in [1.807, 2.05) is 6.92 Å². The van der Waals surface area contributed by atoms with E-state index in [2.05, 4.69) is 30.6 Å². The first-order chi connectivity index (χ1) is 17.2. The van der Waals surface area contributed by atoms with E-state index in [-0.39, 0.29) is 17.5 Å². The van der Waals surface area contributed by atoms with E-state index in [4.69, 9.17) is 9.47 Å². The van der Waals surface area contributed by atoms with Crippen LogP contribution >= 0.6 is 0 Å². The lowest BCUT2D eigenvalue weighted by Crippen LogP contribution is -2.23. The predicted molar refractivity (Wildman–Crippen MR) is 138 cm³/mol. The highest BCUT2D eigenvalue weighted by Gasteiger charge is 2.18. The number of aromatic nitrogens is 2. The minimum Gasteiger partial charge on any atom is -0.492 e. The van der Waals surface area contributed by atoms with E-state index in [9.17, 15) is 13.2 Å². The number of hydrogen-bond acceptors (Lipinski definition) is 9. The predicted octanol–water partition coefficient (Wildman–Crippen LogP) is 2.98. The zero-order valence-corrected chi connectivity index (χ0v) is 21.0. The second-order valence-corrected chi connectivity index (χ2v) is 10.1. The molecule has 1 atom stereocenters. The Balaban J connectivity index is 1.52. The van der Waals surface area contributed by atoms with Crippen LogP contribution in [0.4, 0.5) is 17.3 Å². The third-order valence-corrected chi connectivity index (χ3v) is 6.04. The molecule has 11 nitrogen and oxygen atoms in total. The third kappa shape index (κ3) is 6.40. The van der Waals surface area contributed by atoms with Crippen LogP contribution in [0.5, 0.6) is 17.4 Å². The van der Waals surface area contributed by atoms with Gasteiger partial charge in [0, 0.05) is 30.4 Å². The van der Waals surface area contributed by atoms with Crippen LogP contribution in [0.2, 0.25) is 0 Å². The molecular formula is C24H28N6O5S. The molecule has 0 spiro atoms. The molecular weight excluding hydrogens is 484 g/mol. The minimum absolute atomic E-state index is 0.193. The van der Waals surface area contributed by atoms with Gasteiger partial charge in [-0.3, -0.25) is 9.52 Å². The smallest absolute Gasteiger partial charge is 0.255 e. The van der Waals surface area contributed by atoms with Gasteiger partial charge in [-0.25, -0.2) is 13.4 Å². The van der Waals surface area contributed by atoms with Crippen molar-refractivity contribution in [1.29, 1.82) is 0 Å². The fourth-order valence-corrected chi connectivity index (χ4v) is 4.28. The van der Waals surface area contributed by atoms with Crippen molar-refractivity contribution in [3.05, 3.63) is 59.8 Å². The summed E-state index contributed by atoms with van der Waals surface area (Å²) in [5.41, 5.74) is 1.68. The van der Waals surface area contributed by atoms with Crippen molar-refractivity contribution in [2.24, 2.45) is 0 Å². The molecule has 0 saturated carbocycles. The van der Waals surface area contributed by atoms with Gasteiger partial charge in [-0.05, 0) is 49.7 Å². The van der Waals surface area contributed by atoms with Crippen molar-refractivity contribution in [3.63, 3.8) is 0 Å². The molecule has 1 fully saturated rings. The number of rotatable bonds is 9. The Morgan fingerprint density at radius 3 is 2.69 bits per heavy atom. The van der Waals surface area contributed by atoms with Gasteiger partial charge >= 0.3 is 0 Å². The molecule has 1 aromatic heterocycles. The van der Waals surface area contributed by atoms with Gasteiger partial charge in [-0.1, -0.05) is 12.1 Å². The largest absolute Gasteiger partial charge is 0.492 e. The second-order valence-electron chi connectivity index (χ2n) is 8.35. The van der Waals surface area contributed by atoms with Gasteiger partial charge in [0.25, 0.3) is 5.91 Å². The van der Waals surface area contributed by atoms with Gasteiger partial charge in [0.1, 0.15) is 5.75 Å². The SMILES string of the molecule is COc1c(NC(=O)c2ccc(C)c(Oc3ccnc(NC4CCNC4)n3)c2)cccc1NS(C)(=O)=O. The van der Waals surface area contributed by atoms with E-state index in [0.29, 0.717) is 28.8 Å². The zero-order valence-electron chi connectivity index (χ0n) is 20.2. The summed E-state index contributed by atoms with van der Waals surface area (Å²) in [4.78, 5) is 21.7. The Morgan fingerprint density at radius 1 is 1.17 bits per heavy atom. The van der Waals surface area contributed by atoms with E-state index in [1.54, 1.807) is 48.7 Å². The number of aryl methyl sites for hydroxylation is 1. The number of para-hydroxylation sites is 1. The Kier molecular flexibility index (Phi) is 7.55. The topological polar surface area (TPSA) is 144 Å². The first kappa shape index (κ1) is 25.2. The molecule has 0 radical (unpaired) electrons. The molecule has 0 aliphatic carbocycles. The molecule has 1 amide bonds. The number of methoxy groups -OCH3 is 1. The number of carbonyl (C=O) groups excluding carboxylic acids is 1. The molecule has 36 heavy (non-hydrogen) atoms. The second kappa shape index (κ2) is 10.8. The van der Waals surface area contributed by atoms with Crippen LogP contribution in [0, 0.1) is 6.92 Å². The van der Waals surface area contributed by atoms with Crippen molar-refractivity contribution >= 4 is 33.3 Å². The number of amides is 1. The highest BCUT2D eigenvalue weighted by Crippen LogP contribution is 2.34. The summed E-state index contributed by atoms with van der Waals surface area (Å²) >= 11 is 0. The molecule has 2 heterocycles. The van der Waals surface area contributed by atoms with Gasteiger partial charge in [0.05, 0.1) is 24.7 Å². The van der Waals surface area contributed by atoms with E-state index >= 15 is 0 Å². The van der Waals surface area contributed by atoms with Crippen LogP contribution in [0.25, 0.3) is 0 Å². The van der Waals surface area contributed by atoms with Crippen LogP contribution in [0.3, 0.4) is 0 Å². The monoisotopic (exact) mass is 512 g/mol. The Morgan fingerprint density at radius 2 is 1.97 bits per heavy atom. The van der Waals surface area contributed by atoms with Crippen molar-refractivity contribution in [2.45, 2.75) is 19.4 Å². The van der Waals surface area contributed by atoms with E-state index in [1.165, 1.54) is 7.11 Å². The summed E-state index contributed by atoms with van der Waals surface area (Å²) in [6.07, 6.45) is 3.64. The van der Waals surface area contributed by atoms with Gasteiger partial charge in [-0.15, -0.1) is 0 Å². The molecule has 2 aromatic carbocycles. The number of carbonyl (C=O) groups is 1. The van der Waals surface area contributed by atoms with Gasteiger partial charge < -0.3 is 25.4 Å². The molecule has 1 unspecified atom stereocenters. The summed E-state index contributed by atoms with van der Waals surface area (Å²) < 4.78 is 37.0. The van der Waals surface area contributed by atoms with Crippen molar-refractivity contribution < 1.29 is 22.7 Å². The molecule has 1 aliphatic rings. The lowest BCUT2D eigenvalue weighted by Gasteiger charge is -2.15. The molecule has 0 bridgehead atoms. The number of nitrogens with one attached hydrogen (secondary N) is 4. The first-order valence-corrected chi connectivity index (χ1v) is 13.2. The lowest BCUT2D eigenvalue weighted by molar-refractivity contribution is 0.102. The zero-order chi connectivity index (χ0) is 25.7. The maximum absolute atomic E-state index is 13.0. The van der Waals surface area contributed by atoms with Crippen molar-refractivity contribution in [3.8, 4) is 17.4 Å². The molecule has 190 valence electrons. The van der Waals surface area contributed by atoms with Crippen LogP contribution in [-0.4, -0.2) is 56.8 Å². The summed E-state index contributed by atoms with van der Waals surface area (Å²) in [6, 6.07) is 11.7. The minimum atomic E-state index is -3.53. The number of sulfonamides is 1. The standard InChI is InChI=1S/C24H28N6O5S/c1-15-7-8-16(23(31)28-18-5-4-6-19(22(18)34-2)30-36(3,32)33)13-20(15)35-21-10-12-26-24(29-21)27-17-9-11-25-14-17/h4-8,10,12-13,17,25,30H,9,11,14H2,1-3H3,(H,28,31)(H,26,27,29). The lowest BCUT2D eigenvalue weighted by atomic mass is 10.1. The number of hydrogen-bond donors (Lipinski definition) is 4. The fraction of sp³-hybridized carbons (Fsp3) is 0.292. The number of ether oxygens (including phenoxy) is 2. The number of nitrogens with zero attached hydrogens (tertiary/aromatic N) is 2. The molecule has 4 rings (SSSR count).